The van der Waals surface area contributed by atoms with Crippen LogP contribution in [-0.2, 0) is 19.4 Å². The molecule has 1 N–H and O–H groups in total. The lowest BCUT2D eigenvalue weighted by atomic mass is 10.2. The molecule has 2 aliphatic rings. The average Bonchev–Trinajstić information content (AvgIpc) is 3.24. The summed E-state index contributed by atoms with van der Waals surface area (Å²) in [6.45, 7) is 5.36. The molecule has 0 bridgehead atoms. The fourth-order valence-electron chi connectivity index (χ4n) is 3.91. The second-order valence-electron chi connectivity index (χ2n) is 9.55. The molecule has 0 aliphatic carbocycles. The number of carbonyl (C=O) groups is 2. The second-order valence-corrected chi connectivity index (χ2v) is 12.9. The van der Waals surface area contributed by atoms with E-state index in [9.17, 15) is 18.0 Å². The number of thioether (sulfide) groups is 1. The number of hydrogen-bond donors (Lipinski definition) is 1. The van der Waals surface area contributed by atoms with Crippen LogP contribution in [0.4, 0.5) is 10.5 Å². The zero-order valence-electron chi connectivity index (χ0n) is 20.3. The topological polar surface area (TPSA) is 114 Å². The number of ether oxygens (including phenoxy) is 2. The summed E-state index contributed by atoms with van der Waals surface area (Å²) in [5, 5.41) is 2.80. The molecule has 2 saturated heterocycles. The molecule has 0 spiro atoms. The fourth-order valence-corrected chi connectivity index (χ4v) is 7.85. The Labute approximate surface area is 215 Å². The SMILES string of the molecule is CC(C)(C)OC(=O)NCCC(=O)N=C1S[C@@H]2CS(=O)(=O)C[C@@H]2N1c1ccc(Oc2ccccc2)cc1. The molecule has 9 nitrogen and oxygen atoms in total. The zero-order chi connectivity index (χ0) is 25.9. The first-order chi connectivity index (χ1) is 17.0. The third kappa shape index (κ3) is 6.79. The van der Waals surface area contributed by atoms with Gasteiger partial charge in [-0.3, -0.25) is 4.79 Å². The van der Waals surface area contributed by atoms with E-state index in [0.717, 1.165) is 5.69 Å². The van der Waals surface area contributed by atoms with E-state index < -0.39 is 27.4 Å². The highest BCUT2D eigenvalue weighted by Gasteiger charge is 2.49. The highest BCUT2D eigenvalue weighted by atomic mass is 32.2. The average molecular weight is 532 g/mol. The van der Waals surface area contributed by atoms with Gasteiger partial charge in [0.15, 0.2) is 15.0 Å². The molecule has 192 valence electrons. The number of nitrogens with zero attached hydrogens (tertiary/aromatic N) is 2. The van der Waals surface area contributed by atoms with E-state index in [1.807, 2.05) is 47.4 Å². The van der Waals surface area contributed by atoms with Gasteiger partial charge in [0, 0.05) is 23.9 Å². The van der Waals surface area contributed by atoms with Gasteiger partial charge in [0.25, 0.3) is 0 Å². The molecule has 2 aromatic carbocycles. The van der Waals surface area contributed by atoms with E-state index in [0.29, 0.717) is 16.7 Å². The number of alkyl carbamates (subject to hydrolysis) is 1. The van der Waals surface area contributed by atoms with Gasteiger partial charge >= 0.3 is 6.09 Å². The van der Waals surface area contributed by atoms with Crippen LogP contribution in [0.5, 0.6) is 11.5 Å². The number of amides is 2. The maximum absolute atomic E-state index is 12.6. The van der Waals surface area contributed by atoms with Gasteiger partial charge < -0.3 is 19.7 Å². The van der Waals surface area contributed by atoms with Gasteiger partial charge in [-0.25, -0.2) is 13.2 Å². The van der Waals surface area contributed by atoms with E-state index in [-0.39, 0.29) is 35.8 Å². The Kier molecular flexibility index (Phi) is 7.60. The van der Waals surface area contributed by atoms with Gasteiger partial charge in [0.2, 0.25) is 5.91 Å². The third-order valence-electron chi connectivity index (χ3n) is 5.39. The van der Waals surface area contributed by atoms with Crippen molar-refractivity contribution in [2.45, 2.75) is 44.1 Å². The minimum Gasteiger partial charge on any atom is -0.457 e. The van der Waals surface area contributed by atoms with Crippen LogP contribution in [0.1, 0.15) is 27.2 Å². The van der Waals surface area contributed by atoms with E-state index >= 15 is 0 Å². The molecule has 0 unspecified atom stereocenters. The summed E-state index contributed by atoms with van der Waals surface area (Å²) in [4.78, 5) is 30.5. The van der Waals surface area contributed by atoms with Gasteiger partial charge in [-0.05, 0) is 57.2 Å². The van der Waals surface area contributed by atoms with Crippen molar-refractivity contribution in [2.75, 3.05) is 23.0 Å². The van der Waals surface area contributed by atoms with Crippen LogP contribution < -0.4 is 15.0 Å². The lowest BCUT2D eigenvalue weighted by Crippen LogP contribution is -2.37. The number of nitrogens with one attached hydrogen (secondary N) is 1. The summed E-state index contributed by atoms with van der Waals surface area (Å²) in [5.74, 6) is 0.972. The maximum Gasteiger partial charge on any atom is 0.407 e. The highest BCUT2D eigenvalue weighted by molar-refractivity contribution is 8.16. The van der Waals surface area contributed by atoms with Crippen molar-refractivity contribution in [3.8, 4) is 11.5 Å². The largest absolute Gasteiger partial charge is 0.457 e. The summed E-state index contributed by atoms with van der Waals surface area (Å²) in [7, 11) is -3.17. The molecular weight excluding hydrogens is 502 g/mol. The Morgan fingerprint density at radius 1 is 1.06 bits per heavy atom. The number of hydrogen-bond acceptors (Lipinski definition) is 7. The molecule has 0 radical (unpaired) electrons. The molecule has 2 aromatic rings. The molecule has 2 fully saturated rings. The minimum absolute atomic E-state index is 0.000341. The van der Waals surface area contributed by atoms with E-state index in [1.165, 1.54) is 11.8 Å². The predicted octanol–water partition coefficient (Wildman–Crippen LogP) is 4.00. The number of carbonyl (C=O) groups excluding carboxylic acids is 2. The molecule has 11 heteroatoms. The summed E-state index contributed by atoms with van der Waals surface area (Å²) >= 11 is 1.30. The van der Waals surface area contributed by atoms with Gasteiger partial charge in [-0.15, -0.1) is 0 Å². The molecule has 2 aliphatic heterocycles. The molecule has 2 heterocycles. The minimum atomic E-state index is -3.17. The van der Waals surface area contributed by atoms with Crippen molar-refractivity contribution < 1.29 is 27.5 Å². The number of amidine groups is 1. The molecule has 0 saturated carbocycles. The Hall–Kier alpha value is -3.05. The number of sulfone groups is 1. The Bertz CT molecular complexity index is 1240. The zero-order valence-corrected chi connectivity index (χ0v) is 22.0. The van der Waals surface area contributed by atoms with Crippen LogP contribution in [0.15, 0.2) is 59.6 Å². The van der Waals surface area contributed by atoms with Crippen molar-refractivity contribution in [1.29, 1.82) is 0 Å². The van der Waals surface area contributed by atoms with Crippen molar-refractivity contribution in [1.82, 2.24) is 5.32 Å². The number of fused-ring (bicyclic) bond motifs is 1. The van der Waals surface area contributed by atoms with Gasteiger partial charge in [0.1, 0.15) is 17.1 Å². The molecule has 2 atom stereocenters. The molecule has 4 rings (SSSR count). The van der Waals surface area contributed by atoms with Crippen LogP contribution in [0.3, 0.4) is 0 Å². The maximum atomic E-state index is 12.6. The Balaban J connectivity index is 1.47. The van der Waals surface area contributed by atoms with Crippen LogP contribution in [-0.4, -0.2) is 60.5 Å². The Morgan fingerprint density at radius 3 is 2.39 bits per heavy atom. The van der Waals surface area contributed by atoms with E-state index in [2.05, 4.69) is 10.3 Å². The third-order valence-corrected chi connectivity index (χ3v) is 8.60. The lowest BCUT2D eigenvalue weighted by molar-refractivity contribution is -0.117. The first kappa shape index (κ1) is 26.0. The first-order valence-corrected chi connectivity index (χ1v) is 14.3. The van der Waals surface area contributed by atoms with Crippen molar-refractivity contribution in [3.63, 3.8) is 0 Å². The van der Waals surface area contributed by atoms with Crippen molar-refractivity contribution in [3.05, 3.63) is 54.6 Å². The van der Waals surface area contributed by atoms with Crippen LogP contribution >= 0.6 is 11.8 Å². The summed E-state index contributed by atoms with van der Waals surface area (Å²) < 4.78 is 35.6. The normalized spacial score (nSPS) is 21.8. The smallest absolute Gasteiger partial charge is 0.407 e. The molecular formula is C25H29N3O6S2. The number of benzene rings is 2. The van der Waals surface area contributed by atoms with Gasteiger partial charge in [0.05, 0.1) is 17.5 Å². The van der Waals surface area contributed by atoms with Crippen molar-refractivity contribution in [2.24, 2.45) is 4.99 Å². The summed E-state index contributed by atoms with van der Waals surface area (Å²) in [5.41, 5.74) is 0.0979. The molecule has 36 heavy (non-hydrogen) atoms. The quantitative estimate of drug-likeness (QED) is 0.595. The highest BCUT2D eigenvalue weighted by Crippen LogP contribution is 2.41. The number of aliphatic imine (C=N–C) groups is 1. The Morgan fingerprint density at radius 2 is 1.72 bits per heavy atom. The predicted molar refractivity (Wildman–Crippen MR) is 141 cm³/mol. The summed E-state index contributed by atoms with van der Waals surface area (Å²) in [6, 6.07) is 16.3. The number of rotatable bonds is 6. The van der Waals surface area contributed by atoms with Gasteiger partial charge in [-0.2, -0.15) is 4.99 Å². The van der Waals surface area contributed by atoms with E-state index in [4.69, 9.17) is 9.47 Å². The summed E-state index contributed by atoms with van der Waals surface area (Å²) in [6.07, 6.45) is -0.605. The molecule has 0 aromatic heterocycles. The van der Waals surface area contributed by atoms with Crippen LogP contribution in [0, 0.1) is 0 Å². The van der Waals surface area contributed by atoms with Crippen LogP contribution in [0.2, 0.25) is 0 Å². The number of anilines is 1. The second kappa shape index (κ2) is 10.5. The lowest BCUT2D eigenvalue weighted by Gasteiger charge is -2.24. The van der Waals surface area contributed by atoms with E-state index in [1.54, 1.807) is 32.9 Å². The van der Waals surface area contributed by atoms with Gasteiger partial charge in [-0.1, -0.05) is 30.0 Å². The first-order valence-electron chi connectivity index (χ1n) is 11.6. The monoisotopic (exact) mass is 531 g/mol. The van der Waals surface area contributed by atoms with Crippen molar-refractivity contribution >= 4 is 44.5 Å². The number of para-hydroxylation sites is 1. The standard InChI is InChI=1S/C25H29N3O6S2/c1-25(2,3)34-24(30)26-14-13-22(29)27-23-28(20-15-36(31,32)16-21(20)35-23)17-9-11-19(12-10-17)33-18-7-5-4-6-8-18/h4-12,20-21H,13-16H2,1-3H3,(H,26,30)/t20-,21+/m0/s1. The van der Waals surface area contributed by atoms with Crippen LogP contribution in [0.25, 0.3) is 0 Å². The molecule has 2 amide bonds. The fraction of sp³-hybridized carbons (Fsp3) is 0.400.